The van der Waals surface area contributed by atoms with Crippen LogP contribution in [0.25, 0.3) is 10.9 Å². The molecule has 122 valence electrons. The summed E-state index contributed by atoms with van der Waals surface area (Å²) in [5.74, 6) is 0.405. The Balaban J connectivity index is 2.02. The first kappa shape index (κ1) is 15.6. The van der Waals surface area contributed by atoms with Crippen molar-refractivity contribution in [1.82, 2.24) is 10.3 Å². The number of anilines is 1. The number of nitrogens with zero attached hydrogens (tertiary/aromatic N) is 2. The summed E-state index contributed by atoms with van der Waals surface area (Å²) in [4.78, 5) is 17.0. The van der Waals surface area contributed by atoms with E-state index in [9.17, 15) is 13.6 Å². The van der Waals surface area contributed by atoms with Crippen LogP contribution in [0.1, 0.15) is 25.3 Å². The van der Waals surface area contributed by atoms with Crippen molar-refractivity contribution in [3.8, 4) is 0 Å². The molecule has 6 heteroatoms. The number of halogens is 2. The highest BCUT2D eigenvalue weighted by atomic mass is 19.3. The minimum atomic E-state index is -2.55. The first-order chi connectivity index (χ1) is 11.1. The van der Waals surface area contributed by atoms with E-state index in [4.69, 9.17) is 0 Å². The van der Waals surface area contributed by atoms with Crippen LogP contribution < -0.4 is 10.2 Å². The second-order valence-electron chi connectivity index (χ2n) is 6.10. The van der Waals surface area contributed by atoms with Gasteiger partial charge in [-0.25, -0.2) is 8.78 Å². The van der Waals surface area contributed by atoms with Crippen LogP contribution in [0.2, 0.25) is 0 Å². The van der Waals surface area contributed by atoms with Crippen molar-refractivity contribution in [2.75, 3.05) is 18.0 Å². The fraction of sp³-hybridized carbons (Fsp3) is 0.412. The van der Waals surface area contributed by atoms with Crippen LogP contribution in [0.4, 0.5) is 14.5 Å². The zero-order valence-corrected chi connectivity index (χ0v) is 12.9. The van der Waals surface area contributed by atoms with Gasteiger partial charge in [0.1, 0.15) is 0 Å². The molecule has 3 rings (SSSR count). The molecule has 1 amide bonds. The summed E-state index contributed by atoms with van der Waals surface area (Å²) >= 11 is 0. The number of rotatable bonds is 4. The molecule has 2 heterocycles. The van der Waals surface area contributed by atoms with Gasteiger partial charge in [0.2, 0.25) is 6.41 Å². The van der Waals surface area contributed by atoms with E-state index >= 15 is 0 Å². The van der Waals surface area contributed by atoms with Gasteiger partial charge >= 0.3 is 0 Å². The Morgan fingerprint density at radius 1 is 1.35 bits per heavy atom. The maximum atomic E-state index is 13.2. The van der Waals surface area contributed by atoms with Crippen molar-refractivity contribution in [3.05, 3.63) is 36.0 Å². The summed E-state index contributed by atoms with van der Waals surface area (Å²) in [5.41, 5.74) is 1.19. The van der Waals surface area contributed by atoms with E-state index in [0.29, 0.717) is 18.0 Å². The average molecular weight is 319 g/mol. The molecule has 2 unspecified atom stereocenters. The summed E-state index contributed by atoms with van der Waals surface area (Å²) in [5, 5.41) is 3.56. The molecule has 1 aliphatic heterocycles. The van der Waals surface area contributed by atoms with Crippen LogP contribution in [0.15, 0.2) is 30.5 Å². The van der Waals surface area contributed by atoms with Crippen LogP contribution in [0.5, 0.6) is 0 Å². The van der Waals surface area contributed by atoms with E-state index in [1.807, 2.05) is 6.07 Å². The van der Waals surface area contributed by atoms with Gasteiger partial charge in [-0.2, -0.15) is 0 Å². The lowest BCUT2D eigenvalue weighted by Crippen LogP contribution is -2.48. The predicted molar refractivity (Wildman–Crippen MR) is 85.7 cm³/mol. The highest BCUT2D eigenvalue weighted by molar-refractivity contribution is 5.94. The molecule has 0 saturated carbocycles. The van der Waals surface area contributed by atoms with E-state index in [2.05, 4.69) is 22.1 Å². The largest absolute Gasteiger partial charge is 0.369 e. The average Bonchev–Trinajstić information content (AvgIpc) is 2.53. The van der Waals surface area contributed by atoms with Crippen LogP contribution in [-0.4, -0.2) is 30.5 Å². The summed E-state index contributed by atoms with van der Waals surface area (Å²) in [6.45, 7) is 3.62. The van der Waals surface area contributed by atoms with Gasteiger partial charge < -0.3 is 10.2 Å². The molecule has 1 aliphatic rings. The summed E-state index contributed by atoms with van der Waals surface area (Å²) < 4.78 is 26.4. The first-order valence-corrected chi connectivity index (χ1v) is 7.70. The normalized spacial score (nSPS) is 21.7. The first-order valence-electron chi connectivity index (χ1n) is 7.70. The maximum Gasteiger partial charge on any atom is 0.265 e. The molecular formula is C17H19F2N3O. The van der Waals surface area contributed by atoms with Gasteiger partial charge in [-0.1, -0.05) is 6.92 Å². The third-order valence-corrected chi connectivity index (χ3v) is 4.32. The molecule has 0 radical (unpaired) electrons. The molecule has 0 spiro atoms. The molecule has 1 aromatic carbocycles. The van der Waals surface area contributed by atoms with E-state index in [1.165, 1.54) is 12.3 Å². The summed E-state index contributed by atoms with van der Waals surface area (Å²) in [6.07, 6.45) is 0.625. The minimum absolute atomic E-state index is 0.0445. The number of aromatic nitrogens is 1. The minimum Gasteiger partial charge on any atom is -0.369 e. The number of carbonyl (C=O) groups excluding carboxylic acids is 1. The molecule has 4 nitrogen and oxygen atoms in total. The quantitative estimate of drug-likeness (QED) is 0.881. The molecule has 1 fully saturated rings. The highest BCUT2D eigenvalue weighted by Gasteiger charge is 2.26. The molecular weight excluding hydrogens is 300 g/mol. The Kier molecular flexibility index (Phi) is 4.41. The van der Waals surface area contributed by atoms with Gasteiger partial charge in [0.25, 0.3) is 6.43 Å². The lowest BCUT2D eigenvalue weighted by atomic mass is 9.94. The van der Waals surface area contributed by atoms with E-state index in [-0.39, 0.29) is 11.6 Å². The molecule has 1 saturated heterocycles. The van der Waals surface area contributed by atoms with Crippen molar-refractivity contribution in [2.45, 2.75) is 25.8 Å². The monoisotopic (exact) mass is 319 g/mol. The van der Waals surface area contributed by atoms with Crippen molar-refractivity contribution < 1.29 is 13.6 Å². The molecule has 2 aromatic rings. The third kappa shape index (κ3) is 3.11. The number of carbonyl (C=O) groups is 1. The van der Waals surface area contributed by atoms with Gasteiger partial charge in [0, 0.05) is 42.0 Å². The number of hydrogen-bond acceptors (Lipinski definition) is 3. The number of amides is 1. The van der Waals surface area contributed by atoms with Crippen molar-refractivity contribution >= 4 is 23.0 Å². The number of benzene rings is 1. The Morgan fingerprint density at radius 3 is 2.91 bits per heavy atom. The van der Waals surface area contributed by atoms with Crippen LogP contribution in [-0.2, 0) is 4.79 Å². The van der Waals surface area contributed by atoms with Crippen LogP contribution in [0.3, 0.4) is 0 Å². The summed E-state index contributed by atoms with van der Waals surface area (Å²) in [6, 6.07) is 6.84. The van der Waals surface area contributed by atoms with E-state index in [0.717, 1.165) is 30.4 Å². The standard InChI is InChI=1S/C17H19F2N3O/c1-11-7-12(21-10-23)9-22(8-11)15-5-4-14(17(18)19)16-13(15)3-2-6-20-16/h2-6,10-12,17H,7-9H2,1H3,(H,21,23). The fourth-order valence-electron chi connectivity index (χ4n) is 3.40. The number of pyridine rings is 1. The molecule has 0 aliphatic carbocycles. The number of nitrogens with one attached hydrogen (secondary N) is 1. The van der Waals surface area contributed by atoms with Gasteiger partial charge in [0.15, 0.2) is 0 Å². The number of fused-ring (bicyclic) bond motifs is 1. The van der Waals surface area contributed by atoms with Crippen LogP contribution >= 0.6 is 0 Å². The SMILES string of the molecule is CC1CC(NC=O)CN(c2ccc(C(F)F)c3ncccc23)C1. The summed E-state index contributed by atoms with van der Waals surface area (Å²) in [7, 11) is 0. The highest BCUT2D eigenvalue weighted by Crippen LogP contribution is 2.34. The van der Waals surface area contributed by atoms with Crippen molar-refractivity contribution in [3.63, 3.8) is 0 Å². The van der Waals surface area contributed by atoms with E-state index in [1.54, 1.807) is 12.1 Å². The smallest absolute Gasteiger partial charge is 0.265 e. The predicted octanol–water partition coefficient (Wildman–Crippen LogP) is 3.13. The Hall–Kier alpha value is -2.24. The Labute approximate surface area is 133 Å². The maximum absolute atomic E-state index is 13.2. The van der Waals surface area contributed by atoms with Crippen molar-refractivity contribution in [2.24, 2.45) is 5.92 Å². The second-order valence-corrected chi connectivity index (χ2v) is 6.10. The Bertz CT molecular complexity index is 707. The van der Waals surface area contributed by atoms with Crippen molar-refractivity contribution in [1.29, 1.82) is 0 Å². The van der Waals surface area contributed by atoms with Gasteiger partial charge in [-0.05, 0) is 36.6 Å². The lowest BCUT2D eigenvalue weighted by molar-refractivity contribution is -0.110. The number of piperidine rings is 1. The van der Waals surface area contributed by atoms with Gasteiger partial charge in [-0.15, -0.1) is 0 Å². The second kappa shape index (κ2) is 6.48. The number of alkyl halides is 2. The molecule has 1 N–H and O–H groups in total. The Morgan fingerprint density at radius 2 is 2.17 bits per heavy atom. The third-order valence-electron chi connectivity index (χ3n) is 4.32. The topological polar surface area (TPSA) is 45.2 Å². The zero-order chi connectivity index (χ0) is 16.4. The fourth-order valence-corrected chi connectivity index (χ4v) is 3.40. The lowest BCUT2D eigenvalue weighted by Gasteiger charge is -2.38. The van der Waals surface area contributed by atoms with Gasteiger partial charge in [0.05, 0.1) is 5.52 Å². The van der Waals surface area contributed by atoms with E-state index < -0.39 is 6.43 Å². The molecule has 0 bridgehead atoms. The molecule has 2 atom stereocenters. The van der Waals surface area contributed by atoms with Crippen LogP contribution in [0, 0.1) is 5.92 Å². The number of hydrogen-bond donors (Lipinski definition) is 1. The zero-order valence-electron chi connectivity index (χ0n) is 12.9. The molecule has 1 aromatic heterocycles. The van der Waals surface area contributed by atoms with Gasteiger partial charge in [-0.3, -0.25) is 9.78 Å². The molecule has 23 heavy (non-hydrogen) atoms.